The summed E-state index contributed by atoms with van der Waals surface area (Å²) in [7, 11) is -3.60. The highest BCUT2D eigenvalue weighted by molar-refractivity contribution is 7.89. The molecule has 2 heterocycles. The van der Waals surface area contributed by atoms with E-state index < -0.39 is 10.0 Å². The number of hydrogen-bond donors (Lipinski definition) is 1. The number of likely N-dealkylation sites (tertiary alicyclic amines) is 1. The first-order valence-electron chi connectivity index (χ1n) is 12.3. The minimum Gasteiger partial charge on any atom is -0.353 e. The second kappa shape index (κ2) is 9.37. The highest BCUT2D eigenvalue weighted by Gasteiger charge is 2.37. The van der Waals surface area contributed by atoms with Gasteiger partial charge >= 0.3 is 0 Å². The number of piperidine rings is 2. The number of aryl methyl sites for hydroxylation is 2. The van der Waals surface area contributed by atoms with E-state index in [1.54, 1.807) is 4.31 Å². The zero-order valence-corrected chi connectivity index (χ0v) is 21.1. The molecule has 1 saturated carbocycles. The number of benzene rings is 1. The fourth-order valence-electron chi connectivity index (χ4n) is 5.21. The van der Waals surface area contributed by atoms with E-state index in [1.807, 2.05) is 38.7 Å². The standard InChI is InChI=1S/C25H37N3O4S/c1-16-15-17(2)19(4)23(18(16)3)33(31,32)28-13-7-20(8-14-28)24(29)26-22-9-11-27(12-10-22)25(30)21-5-6-21/h15,20-22H,5-14H2,1-4H3,(H,26,29). The number of amides is 2. The van der Waals surface area contributed by atoms with Crippen molar-refractivity contribution in [1.29, 1.82) is 0 Å². The van der Waals surface area contributed by atoms with E-state index in [-0.39, 0.29) is 29.7 Å². The van der Waals surface area contributed by atoms with Gasteiger partial charge in [-0.15, -0.1) is 0 Å². The van der Waals surface area contributed by atoms with Crippen LogP contribution in [0.25, 0.3) is 0 Å². The molecule has 182 valence electrons. The summed E-state index contributed by atoms with van der Waals surface area (Å²) in [4.78, 5) is 27.5. The van der Waals surface area contributed by atoms with E-state index in [0.717, 1.165) is 47.9 Å². The molecule has 4 rings (SSSR count). The molecule has 0 spiro atoms. The van der Waals surface area contributed by atoms with Crippen molar-refractivity contribution < 1.29 is 18.0 Å². The van der Waals surface area contributed by atoms with Gasteiger partial charge in [-0.1, -0.05) is 6.07 Å². The van der Waals surface area contributed by atoms with Crippen LogP contribution in [0, 0.1) is 39.5 Å². The highest BCUT2D eigenvalue weighted by Crippen LogP contribution is 2.33. The summed E-state index contributed by atoms with van der Waals surface area (Å²) < 4.78 is 28.5. The van der Waals surface area contributed by atoms with Crippen LogP contribution in [0.15, 0.2) is 11.0 Å². The SMILES string of the molecule is Cc1cc(C)c(C)c(S(=O)(=O)N2CCC(C(=O)NC3CCN(C(=O)C4CC4)CC3)CC2)c1C. The Bertz CT molecular complexity index is 1010. The van der Waals surface area contributed by atoms with E-state index in [0.29, 0.717) is 43.9 Å². The largest absolute Gasteiger partial charge is 0.353 e. The number of sulfonamides is 1. The zero-order valence-electron chi connectivity index (χ0n) is 20.3. The van der Waals surface area contributed by atoms with Gasteiger partial charge in [0.15, 0.2) is 0 Å². The number of hydrogen-bond acceptors (Lipinski definition) is 4. The summed E-state index contributed by atoms with van der Waals surface area (Å²) in [5.74, 6) is 0.387. The Morgan fingerprint density at radius 2 is 1.36 bits per heavy atom. The molecular weight excluding hydrogens is 438 g/mol. The first-order chi connectivity index (χ1) is 15.6. The predicted octanol–water partition coefficient (Wildman–Crippen LogP) is 2.84. The molecule has 2 aliphatic heterocycles. The van der Waals surface area contributed by atoms with Gasteiger partial charge in [-0.05, 0) is 88.5 Å². The summed E-state index contributed by atoms with van der Waals surface area (Å²) in [6.07, 6.45) is 4.70. The Labute approximate surface area is 198 Å². The van der Waals surface area contributed by atoms with Crippen molar-refractivity contribution in [2.75, 3.05) is 26.2 Å². The van der Waals surface area contributed by atoms with Crippen molar-refractivity contribution in [3.05, 3.63) is 28.3 Å². The zero-order chi connectivity index (χ0) is 23.9. The monoisotopic (exact) mass is 475 g/mol. The van der Waals surface area contributed by atoms with E-state index in [1.165, 1.54) is 0 Å². The lowest BCUT2D eigenvalue weighted by atomic mass is 9.95. The van der Waals surface area contributed by atoms with Crippen molar-refractivity contribution >= 4 is 21.8 Å². The second-order valence-corrected chi connectivity index (χ2v) is 12.0. The van der Waals surface area contributed by atoms with E-state index in [2.05, 4.69) is 5.32 Å². The van der Waals surface area contributed by atoms with Gasteiger partial charge in [-0.2, -0.15) is 4.31 Å². The predicted molar refractivity (Wildman–Crippen MR) is 127 cm³/mol. The lowest BCUT2D eigenvalue weighted by Gasteiger charge is -2.35. The maximum absolute atomic E-state index is 13.5. The first kappa shape index (κ1) is 24.2. The summed E-state index contributed by atoms with van der Waals surface area (Å²) in [6.45, 7) is 9.79. The van der Waals surface area contributed by atoms with Crippen LogP contribution in [0.3, 0.4) is 0 Å². The molecule has 0 atom stereocenters. The molecule has 1 aromatic rings. The summed E-state index contributed by atoms with van der Waals surface area (Å²) in [6, 6.07) is 2.13. The number of carbonyl (C=O) groups is 2. The minimum atomic E-state index is -3.60. The van der Waals surface area contributed by atoms with Gasteiger partial charge in [0.1, 0.15) is 0 Å². The Morgan fingerprint density at radius 1 is 0.818 bits per heavy atom. The Kier molecular flexibility index (Phi) is 6.87. The first-order valence-corrected chi connectivity index (χ1v) is 13.7. The molecule has 2 saturated heterocycles. The normalized spacial score (nSPS) is 21.3. The number of rotatable bonds is 5. The third-order valence-corrected chi connectivity index (χ3v) is 9.97. The minimum absolute atomic E-state index is 0.0257. The molecule has 0 unspecified atom stereocenters. The lowest BCUT2D eigenvalue weighted by Crippen LogP contribution is -2.49. The third-order valence-electron chi connectivity index (χ3n) is 7.80. The van der Waals surface area contributed by atoms with Gasteiger partial charge in [-0.25, -0.2) is 8.42 Å². The Hall–Kier alpha value is -1.93. The summed E-state index contributed by atoms with van der Waals surface area (Å²) in [5.41, 5.74) is 3.58. The second-order valence-electron chi connectivity index (χ2n) is 10.2. The molecule has 0 bridgehead atoms. The van der Waals surface area contributed by atoms with Crippen LogP contribution in [0.5, 0.6) is 0 Å². The smallest absolute Gasteiger partial charge is 0.243 e. The van der Waals surface area contributed by atoms with Gasteiger partial charge in [-0.3, -0.25) is 9.59 Å². The fraction of sp³-hybridized carbons (Fsp3) is 0.680. The quantitative estimate of drug-likeness (QED) is 0.710. The van der Waals surface area contributed by atoms with Crippen molar-refractivity contribution in [2.24, 2.45) is 11.8 Å². The van der Waals surface area contributed by atoms with Crippen LogP contribution >= 0.6 is 0 Å². The average molecular weight is 476 g/mol. The van der Waals surface area contributed by atoms with Crippen LogP contribution in [0.4, 0.5) is 0 Å². The van der Waals surface area contributed by atoms with Crippen LogP contribution in [0.1, 0.15) is 60.8 Å². The Morgan fingerprint density at radius 3 is 1.88 bits per heavy atom. The molecule has 3 fully saturated rings. The molecule has 33 heavy (non-hydrogen) atoms. The van der Waals surface area contributed by atoms with Crippen LogP contribution < -0.4 is 5.32 Å². The van der Waals surface area contributed by atoms with Gasteiger partial charge in [0.05, 0.1) is 4.90 Å². The number of nitrogens with zero attached hydrogens (tertiary/aromatic N) is 2. The van der Waals surface area contributed by atoms with Gasteiger partial charge in [0, 0.05) is 44.1 Å². The van der Waals surface area contributed by atoms with Crippen molar-refractivity contribution in [2.45, 2.75) is 77.2 Å². The molecule has 1 aliphatic carbocycles. The number of nitrogens with one attached hydrogen (secondary N) is 1. The van der Waals surface area contributed by atoms with Crippen LogP contribution in [-0.2, 0) is 19.6 Å². The molecule has 2 amide bonds. The maximum Gasteiger partial charge on any atom is 0.243 e. The molecule has 1 aromatic carbocycles. The molecule has 8 heteroatoms. The molecule has 1 N–H and O–H groups in total. The molecular formula is C25H37N3O4S. The fourth-order valence-corrected chi connectivity index (χ4v) is 7.25. The highest BCUT2D eigenvalue weighted by atomic mass is 32.2. The van der Waals surface area contributed by atoms with Gasteiger partial charge in [0.25, 0.3) is 0 Å². The van der Waals surface area contributed by atoms with Crippen molar-refractivity contribution in [3.63, 3.8) is 0 Å². The number of carbonyl (C=O) groups excluding carboxylic acids is 2. The molecule has 3 aliphatic rings. The van der Waals surface area contributed by atoms with Crippen molar-refractivity contribution in [1.82, 2.24) is 14.5 Å². The average Bonchev–Trinajstić information content (AvgIpc) is 3.63. The van der Waals surface area contributed by atoms with Crippen molar-refractivity contribution in [3.8, 4) is 0 Å². The summed E-state index contributed by atoms with van der Waals surface area (Å²) >= 11 is 0. The van der Waals surface area contributed by atoms with Crippen LogP contribution in [-0.4, -0.2) is 61.7 Å². The van der Waals surface area contributed by atoms with E-state index >= 15 is 0 Å². The van der Waals surface area contributed by atoms with Crippen LogP contribution in [0.2, 0.25) is 0 Å². The molecule has 0 radical (unpaired) electrons. The molecule has 7 nitrogen and oxygen atoms in total. The third kappa shape index (κ3) is 4.97. The lowest BCUT2D eigenvalue weighted by molar-refractivity contribution is -0.133. The Balaban J connectivity index is 1.32. The van der Waals surface area contributed by atoms with Gasteiger partial charge < -0.3 is 10.2 Å². The summed E-state index contributed by atoms with van der Waals surface area (Å²) in [5, 5.41) is 3.17. The topological polar surface area (TPSA) is 86.8 Å². The van der Waals surface area contributed by atoms with Gasteiger partial charge in [0.2, 0.25) is 21.8 Å². The van der Waals surface area contributed by atoms with E-state index in [4.69, 9.17) is 0 Å². The maximum atomic E-state index is 13.5. The molecule has 0 aromatic heterocycles. The van der Waals surface area contributed by atoms with E-state index in [9.17, 15) is 18.0 Å².